The highest BCUT2D eigenvalue weighted by molar-refractivity contribution is 7.99. The summed E-state index contributed by atoms with van der Waals surface area (Å²) in [5.41, 5.74) is 1.14. The standard InChI is InChI=1S/C19H16F2N4O2S2/c20-13-4-6-15(7-5-13)23-18(27)19-25-24-17(29-19)11-28-10-16(26)22-9-12-2-1-3-14(21)8-12/h1-8H,9-11H2,(H,22,26)(H,23,27). The van der Waals surface area contributed by atoms with E-state index in [1.807, 2.05) is 0 Å². The van der Waals surface area contributed by atoms with Gasteiger partial charge in [0.05, 0.1) is 5.75 Å². The maximum Gasteiger partial charge on any atom is 0.286 e. The molecular formula is C19H16F2N4O2S2. The Balaban J connectivity index is 1.41. The van der Waals surface area contributed by atoms with Crippen LogP contribution in [-0.2, 0) is 17.1 Å². The number of benzene rings is 2. The van der Waals surface area contributed by atoms with Crippen molar-refractivity contribution in [3.63, 3.8) is 0 Å². The quantitative estimate of drug-likeness (QED) is 0.566. The van der Waals surface area contributed by atoms with Crippen LogP contribution in [0.4, 0.5) is 14.5 Å². The van der Waals surface area contributed by atoms with E-state index < -0.39 is 11.7 Å². The van der Waals surface area contributed by atoms with Crippen LogP contribution in [0.2, 0.25) is 0 Å². The Morgan fingerprint density at radius 2 is 1.83 bits per heavy atom. The molecule has 2 N–H and O–H groups in total. The van der Waals surface area contributed by atoms with Crippen molar-refractivity contribution in [2.75, 3.05) is 11.1 Å². The molecule has 6 nitrogen and oxygen atoms in total. The van der Waals surface area contributed by atoms with Gasteiger partial charge in [-0.1, -0.05) is 23.5 Å². The van der Waals surface area contributed by atoms with Gasteiger partial charge in [0, 0.05) is 18.0 Å². The molecule has 1 aromatic heterocycles. The topological polar surface area (TPSA) is 84.0 Å². The van der Waals surface area contributed by atoms with Gasteiger partial charge in [-0.15, -0.1) is 22.0 Å². The highest BCUT2D eigenvalue weighted by Crippen LogP contribution is 2.18. The Bertz CT molecular complexity index is 996. The fourth-order valence-corrected chi connectivity index (χ4v) is 3.89. The molecule has 29 heavy (non-hydrogen) atoms. The van der Waals surface area contributed by atoms with Crippen LogP contribution in [-0.4, -0.2) is 27.8 Å². The van der Waals surface area contributed by atoms with E-state index in [0.29, 0.717) is 22.0 Å². The molecular weight excluding hydrogens is 418 g/mol. The summed E-state index contributed by atoms with van der Waals surface area (Å²) in [6.45, 7) is 0.254. The average Bonchev–Trinajstić information content (AvgIpc) is 3.17. The molecule has 1 heterocycles. The van der Waals surface area contributed by atoms with Gasteiger partial charge in [0.2, 0.25) is 10.9 Å². The smallest absolute Gasteiger partial charge is 0.286 e. The van der Waals surface area contributed by atoms with Gasteiger partial charge in [-0.05, 0) is 42.0 Å². The summed E-state index contributed by atoms with van der Waals surface area (Å²) in [5, 5.41) is 13.9. The van der Waals surface area contributed by atoms with E-state index in [9.17, 15) is 18.4 Å². The number of aromatic nitrogens is 2. The number of hydrogen-bond donors (Lipinski definition) is 2. The molecule has 0 aliphatic rings. The number of hydrogen-bond acceptors (Lipinski definition) is 6. The van der Waals surface area contributed by atoms with E-state index in [0.717, 1.165) is 11.3 Å². The zero-order valence-electron chi connectivity index (χ0n) is 15.0. The van der Waals surface area contributed by atoms with Crippen LogP contribution in [0, 0.1) is 11.6 Å². The highest BCUT2D eigenvalue weighted by Gasteiger charge is 2.13. The first kappa shape index (κ1) is 20.9. The Morgan fingerprint density at radius 3 is 2.59 bits per heavy atom. The Kier molecular flexibility index (Phi) is 7.25. The molecule has 0 spiro atoms. The summed E-state index contributed by atoms with van der Waals surface area (Å²) in [5.74, 6) is -0.725. The van der Waals surface area contributed by atoms with E-state index in [4.69, 9.17) is 0 Å². The maximum absolute atomic E-state index is 13.1. The maximum atomic E-state index is 13.1. The Labute approximate surface area is 173 Å². The van der Waals surface area contributed by atoms with Crippen molar-refractivity contribution >= 4 is 40.6 Å². The van der Waals surface area contributed by atoms with E-state index in [1.165, 1.54) is 48.2 Å². The first-order chi connectivity index (χ1) is 14.0. The third kappa shape index (κ3) is 6.61. The summed E-state index contributed by atoms with van der Waals surface area (Å²) < 4.78 is 26.0. The molecule has 150 valence electrons. The SMILES string of the molecule is O=C(CSCc1nnc(C(=O)Nc2ccc(F)cc2)s1)NCc1cccc(F)c1. The zero-order chi connectivity index (χ0) is 20.6. The summed E-state index contributed by atoms with van der Waals surface area (Å²) in [6, 6.07) is 11.4. The van der Waals surface area contributed by atoms with Crippen molar-refractivity contribution in [1.82, 2.24) is 15.5 Å². The Hall–Kier alpha value is -2.85. The van der Waals surface area contributed by atoms with Crippen LogP contribution in [0.1, 0.15) is 20.4 Å². The van der Waals surface area contributed by atoms with Crippen LogP contribution >= 0.6 is 23.1 Å². The van der Waals surface area contributed by atoms with Crippen molar-refractivity contribution in [2.45, 2.75) is 12.3 Å². The number of nitrogens with one attached hydrogen (secondary N) is 2. The molecule has 2 amide bonds. The second-order valence-electron chi connectivity index (χ2n) is 5.86. The number of nitrogens with zero attached hydrogens (tertiary/aromatic N) is 2. The summed E-state index contributed by atoms with van der Waals surface area (Å²) >= 11 is 2.46. The molecule has 3 rings (SSSR count). The highest BCUT2D eigenvalue weighted by atomic mass is 32.2. The summed E-state index contributed by atoms with van der Waals surface area (Å²) in [6.07, 6.45) is 0. The number of rotatable bonds is 8. The molecule has 0 bridgehead atoms. The van der Waals surface area contributed by atoms with Crippen molar-refractivity contribution < 1.29 is 18.4 Å². The fraction of sp³-hybridized carbons (Fsp3) is 0.158. The van der Waals surface area contributed by atoms with E-state index in [2.05, 4.69) is 20.8 Å². The lowest BCUT2D eigenvalue weighted by atomic mass is 10.2. The van der Waals surface area contributed by atoms with Crippen molar-refractivity contribution in [3.05, 3.63) is 75.7 Å². The van der Waals surface area contributed by atoms with E-state index in [-0.39, 0.29) is 29.0 Å². The molecule has 3 aromatic rings. The molecule has 0 saturated heterocycles. The molecule has 0 unspecified atom stereocenters. The van der Waals surface area contributed by atoms with Crippen LogP contribution in [0.15, 0.2) is 48.5 Å². The molecule has 0 radical (unpaired) electrons. The molecule has 10 heteroatoms. The number of carbonyl (C=O) groups is 2. The normalized spacial score (nSPS) is 10.6. The predicted molar refractivity (Wildman–Crippen MR) is 109 cm³/mol. The average molecular weight is 434 g/mol. The lowest BCUT2D eigenvalue weighted by Crippen LogP contribution is -2.24. The first-order valence-electron chi connectivity index (χ1n) is 8.48. The van der Waals surface area contributed by atoms with E-state index in [1.54, 1.807) is 12.1 Å². The van der Waals surface area contributed by atoms with Crippen molar-refractivity contribution in [2.24, 2.45) is 0 Å². The predicted octanol–water partition coefficient (Wildman–Crippen LogP) is 3.62. The third-order valence-electron chi connectivity index (χ3n) is 3.60. The third-order valence-corrected chi connectivity index (χ3v) is 5.65. The van der Waals surface area contributed by atoms with Crippen molar-refractivity contribution in [1.29, 1.82) is 0 Å². The molecule has 0 saturated carbocycles. The molecule has 0 fully saturated rings. The summed E-state index contributed by atoms with van der Waals surface area (Å²) in [7, 11) is 0. The molecule has 2 aromatic carbocycles. The molecule has 0 aliphatic carbocycles. The second kappa shape index (κ2) is 10.1. The van der Waals surface area contributed by atoms with Gasteiger partial charge in [-0.3, -0.25) is 9.59 Å². The van der Waals surface area contributed by atoms with Crippen LogP contribution < -0.4 is 10.6 Å². The van der Waals surface area contributed by atoms with Gasteiger partial charge < -0.3 is 10.6 Å². The first-order valence-corrected chi connectivity index (χ1v) is 10.4. The molecule has 0 aliphatic heterocycles. The van der Waals surface area contributed by atoms with Gasteiger partial charge in [-0.2, -0.15) is 0 Å². The van der Waals surface area contributed by atoms with Gasteiger partial charge in [0.1, 0.15) is 16.6 Å². The van der Waals surface area contributed by atoms with Gasteiger partial charge in [-0.25, -0.2) is 8.78 Å². The Morgan fingerprint density at radius 1 is 1.03 bits per heavy atom. The minimum Gasteiger partial charge on any atom is -0.351 e. The molecule has 0 atom stereocenters. The minimum atomic E-state index is -0.432. The zero-order valence-corrected chi connectivity index (χ0v) is 16.7. The second-order valence-corrected chi connectivity index (χ2v) is 7.91. The number of halogens is 2. The van der Waals surface area contributed by atoms with Gasteiger partial charge in [0.25, 0.3) is 5.91 Å². The largest absolute Gasteiger partial charge is 0.351 e. The van der Waals surface area contributed by atoms with Crippen molar-refractivity contribution in [3.8, 4) is 0 Å². The number of amides is 2. The fourth-order valence-electron chi connectivity index (χ4n) is 2.25. The lowest BCUT2D eigenvalue weighted by Gasteiger charge is -2.05. The van der Waals surface area contributed by atoms with Gasteiger partial charge in [0.15, 0.2) is 0 Å². The van der Waals surface area contributed by atoms with E-state index >= 15 is 0 Å². The minimum absolute atomic E-state index is 0.181. The monoisotopic (exact) mass is 434 g/mol. The lowest BCUT2D eigenvalue weighted by molar-refractivity contribution is -0.118. The number of anilines is 1. The van der Waals surface area contributed by atoms with Gasteiger partial charge >= 0.3 is 0 Å². The van der Waals surface area contributed by atoms with Crippen LogP contribution in [0.5, 0.6) is 0 Å². The number of carbonyl (C=O) groups excluding carboxylic acids is 2. The number of thioether (sulfide) groups is 1. The summed E-state index contributed by atoms with van der Waals surface area (Å²) in [4.78, 5) is 24.0. The van der Waals surface area contributed by atoms with Crippen LogP contribution in [0.25, 0.3) is 0 Å². The van der Waals surface area contributed by atoms with Crippen LogP contribution in [0.3, 0.4) is 0 Å².